The molecule has 1 N–H and O–H groups in total. The van der Waals surface area contributed by atoms with E-state index in [0.29, 0.717) is 5.41 Å². The minimum absolute atomic E-state index is 0.572. The van der Waals surface area contributed by atoms with Crippen LogP contribution < -0.4 is 5.32 Å². The largest absolute Gasteiger partial charge is 0.369 e. The van der Waals surface area contributed by atoms with Crippen LogP contribution >= 0.6 is 22.6 Å². The summed E-state index contributed by atoms with van der Waals surface area (Å²) >= 11 is 2.27. The number of rotatable bonds is 5. The molecule has 0 saturated heterocycles. The lowest BCUT2D eigenvalue weighted by molar-refractivity contribution is 0.485. The fourth-order valence-electron chi connectivity index (χ4n) is 1.94. The van der Waals surface area contributed by atoms with Crippen LogP contribution in [0.15, 0.2) is 12.5 Å². The summed E-state index contributed by atoms with van der Waals surface area (Å²) in [5.41, 5.74) is 0.572. The van der Waals surface area contributed by atoms with Crippen molar-refractivity contribution in [3.05, 3.63) is 16.1 Å². The SMILES string of the molecule is CCCC1(CNc2ncncc2I)CC1. The number of hydrogen-bond acceptors (Lipinski definition) is 3. The average molecular weight is 317 g/mol. The predicted octanol–water partition coefficient (Wildman–Crippen LogP) is 3.07. The van der Waals surface area contributed by atoms with Gasteiger partial charge in [-0.25, -0.2) is 9.97 Å². The maximum Gasteiger partial charge on any atom is 0.142 e. The molecule has 0 spiro atoms. The first kappa shape index (κ1) is 11.1. The van der Waals surface area contributed by atoms with Crippen LogP contribution in [0.25, 0.3) is 0 Å². The zero-order chi connectivity index (χ0) is 10.7. The van der Waals surface area contributed by atoms with Crippen molar-refractivity contribution >= 4 is 28.4 Å². The van der Waals surface area contributed by atoms with Crippen molar-refractivity contribution in [1.82, 2.24) is 9.97 Å². The van der Waals surface area contributed by atoms with Crippen molar-refractivity contribution in [2.45, 2.75) is 32.6 Å². The summed E-state index contributed by atoms with van der Waals surface area (Å²) in [5, 5.41) is 3.44. The molecule has 1 saturated carbocycles. The van der Waals surface area contributed by atoms with Crippen molar-refractivity contribution in [3.8, 4) is 0 Å². The van der Waals surface area contributed by atoms with Crippen molar-refractivity contribution in [1.29, 1.82) is 0 Å². The minimum Gasteiger partial charge on any atom is -0.369 e. The molecule has 1 aromatic heterocycles. The number of hydrogen-bond donors (Lipinski definition) is 1. The van der Waals surface area contributed by atoms with Crippen LogP contribution in [-0.2, 0) is 0 Å². The van der Waals surface area contributed by atoms with Gasteiger partial charge in [0, 0.05) is 12.7 Å². The van der Waals surface area contributed by atoms with Gasteiger partial charge < -0.3 is 5.32 Å². The maximum absolute atomic E-state index is 4.24. The fraction of sp³-hybridized carbons (Fsp3) is 0.636. The molecule has 82 valence electrons. The van der Waals surface area contributed by atoms with Crippen LogP contribution in [0.3, 0.4) is 0 Å². The Labute approximate surface area is 104 Å². The fourth-order valence-corrected chi connectivity index (χ4v) is 2.43. The van der Waals surface area contributed by atoms with Crippen LogP contribution in [0.4, 0.5) is 5.82 Å². The van der Waals surface area contributed by atoms with E-state index in [1.54, 1.807) is 6.33 Å². The molecule has 0 amide bonds. The summed E-state index contributed by atoms with van der Waals surface area (Å²) in [6, 6.07) is 0. The quantitative estimate of drug-likeness (QED) is 0.848. The molecule has 1 aromatic rings. The molecule has 0 aromatic carbocycles. The highest BCUT2D eigenvalue weighted by Crippen LogP contribution is 2.49. The molecule has 0 bridgehead atoms. The summed E-state index contributed by atoms with van der Waals surface area (Å²) in [7, 11) is 0. The smallest absolute Gasteiger partial charge is 0.142 e. The van der Waals surface area contributed by atoms with Crippen LogP contribution in [0.2, 0.25) is 0 Å². The van der Waals surface area contributed by atoms with Crippen molar-refractivity contribution in [3.63, 3.8) is 0 Å². The van der Waals surface area contributed by atoms with E-state index in [-0.39, 0.29) is 0 Å². The lowest BCUT2D eigenvalue weighted by Crippen LogP contribution is -2.16. The number of nitrogens with one attached hydrogen (secondary N) is 1. The number of nitrogens with zero attached hydrogens (tertiary/aromatic N) is 2. The Morgan fingerprint density at radius 2 is 2.33 bits per heavy atom. The lowest BCUT2D eigenvalue weighted by atomic mass is 10.0. The van der Waals surface area contributed by atoms with Crippen molar-refractivity contribution in [2.24, 2.45) is 5.41 Å². The van der Waals surface area contributed by atoms with E-state index < -0.39 is 0 Å². The van der Waals surface area contributed by atoms with Gasteiger partial charge in [-0.3, -0.25) is 0 Å². The molecule has 0 aliphatic heterocycles. The highest BCUT2D eigenvalue weighted by atomic mass is 127. The molecule has 0 atom stereocenters. The van der Waals surface area contributed by atoms with Crippen LogP contribution in [0.1, 0.15) is 32.6 Å². The van der Waals surface area contributed by atoms with E-state index in [1.165, 1.54) is 25.7 Å². The summed E-state index contributed by atoms with van der Waals surface area (Å²) < 4.78 is 1.10. The highest BCUT2D eigenvalue weighted by Gasteiger charge is 2.41. The van der Waals surface area contributed by atoms with Gasteiger partial charge in [-0.05, 0) is 47.3 Å². The second-order valence-corrected chi connectivity index (χ2v) is 5.49. The zero-order valence-corrected chi connectivity index (χ0v) is 11.1. The van der Waals surface area contributed by atoms with Crippen LogP contribution in [0, 0.1) is 8.99 Å². The third-order valence-corrected chi connectivity index (χ3v) is 3.83. The molecule has 1 aliphatic carbocycles. The molecular formula is C11H16IN3. The van der Waals surface area contributed by atoms with Crippen LogP contribution in [-0.4, -0.2) is 16.5 Å². The van der Waals surface area contributed by atoms with Gasteiger partial charge in [-0.15, -0.1) is 0 Å². The summed E-state index contributed by atoms with van der Waals surface area (Å²) in [5.74, 6) is 0.980. The monoisotopic (exact) mass is 317 g/mol. The molecule has 1 fully saturated rings. The van der Waals surface area contributed by atoms with E-state index in [9.17, 15) is 0 Å². The van der Waals surface area contributed by atoms with E-state index in [1.807, 2.05) is 6.20 Å². The van der Waals surface area contributed by atoms with E-state index in [0.717, 1.165) is 15.9 Å². The van der Waals surface area contributed by atoms with E-state index in [2.05, 4.69) is 44.8 Å². The van der Waals surface area contributed by atoms with Gasteiger partial charge in [0.25, 0.3) is 0 Å². The Kier molecular flexibility index (Phi) is 3.43. The van der Waals surface area contributed by atoms with E-state index >= 15 is 0 Å². The molecular weight excluding hydrogens is 301 g/mol. The van der Waals surface area contributed by atoms with Gasteiger partial charge in [0.1, 0.15) is 12.1 Å². The Morgan fingerprint density at radius 1 is 1.53 bits per heavy atom. The minimum atomic E-state index is 0.572. The molecule has 1 aliphatic rings. The lowest BCUT2D eigenvalue weighted by Gasteiger charge is -2.15. The van der Waals surface area contributed by atoms with E-state index in [4.69, 9.17) is 0 Å². The molecule has 3 nitrogen and oxygen atoms in total. The summed E-state index contributed by atoms with van der Waals surface area (Å²) in [6.07, 6.45) is 8.80. The van der Waals surface area contributed by atoms with Crippen LogP contribution in [0.5, 0.6) is 0 Å². The average Bonchev–Trinajstić information content (AvgIpc) is 2.98. The molecule has 1 heterocycles. The maximum atomic E-state index is 4.24. The molecule has 4 heteroatoms. The first-order chi connectivity index (χ1) is 7.26. The number of halogens is 1. The Morgan fingerprint density at radius 3 is 2.93 bits per heavy atom. The third kappa shape index (κ3) is 2.80. The highest BCUT2D eigenvalue weighted by molar-refractivity contribution is 14.1. The van der Waals surface area contributed by atoms with Crippen molar-refractivity contribution < 1.29 is 0 Å². The second-order valence-electron chi connectivity index (χ2n) is 4.32. The van der Waals surface area contributed by atoms with Crippen molar-refractivity contribution in [2.75, 3.05) is 11.9 Å². The summed E-state index contributed by atoms with van der Waals surface area (Å²) in [4.78, 5) is 8.22. The first-order valence-electron chi connectivity index (χ1n) is 5.45. The predicted molar refractivity (Wildman–Crippen MR) is 69.8 cm³/mol. The van der Waals surface area contributed by atoms with Gasteiger partial charge >= 0.3 is 0 Å². The summed E-state index contributed by atoms with van der Waals surface area (Å²) in [6.45, 7) is 3.32. The molecule has 0 unspecified atom stereocenters. The second kappa shape index (κ2) is 4.63. The van der Waals surface area contributed by atoms with Gasteiger partial charge in [0.05, 0.1) is 3.57 Å². The van der Waals surface area contributed by atoms with Gasteiger partial charge in [0.2, 0.25) is 0 Å². The first-order valence-corrected chi connectivity index (χ1v) is 6.53. The standard InChI is InChI=1S/C11H16IN3/c1-2-3-11(4-5-11)7-14-10-9(12)6-13-8-15-10/h6,8H,2-5,7H2,1H3,(H,13,14,15). The topological polar surface area (TPSA) is 37.8 Å². The van der Waals surface area contributed by atoms with Gasteiger partial charge in [0.15, 0.2) is 0 Å². The Balaban J connectivity index is 1.91. The zero-order valence-electron chi connectivity index (χ0n) is 8.96. The molecule has 0 radical (unpaired) electrons. The molecule has 15 heavy (non-hydrogen) atoms. The Bertz CT molecular complexity index is 336. The normalized spacial score (nSPS) is 17.5. The van der Waals surface area contributed by atoms with Gasteiger partial charge in [-0.1, -0.05) is 13.3 Å². The number of aromatic nitrogens is 2. The Hall–Kier alpha value is -0.390. The number of anilines is 1. The third-order valence-electron chi connectivity index (χ3n) is 3.04. The van der Waals surface area contributed by atoms with Gasteiger partial charge in [-0.2, -0.15) is 0 Å². The molecule has 2 rings (SSSR count).